The van der Waals surface area contributed by atoms with Gasteiger partial charge in [-0.3, -0.25) is 4.57 Å². The minimum absolute atomic E-state index is 0.920. The molecular formula is C49H28N4S. The Kier molecular flexibility index (Phi) is 5.48. The first-order chi connectivity index (χ1) is 26.8. The van der Waals surface area contributed by atoms with Crippen molar-refractivity contribution in [1.82, 2.24) is 18.7 Å². The average Bonchev–Trinajstić information content (AvgIpc) is 3.96. The molecule has 0 N–H and O–H groups in total. The number of para-hydroxylation sites is 4. The fourth-order valence-corrected chi connectivity index (χ4v) is 10.4. The standard InChI is InChI=1S/C49H28N4S/c1-6-16-38-33(11-1)34-12-2-7-17-39(34)51(38)31-25-29-21-22-30-26-32(52-40-18-8-3-13-35(40)36-14-4-9-19-41(36)52)28-43-48(30)47(29)42(27-31)53(43)46-24-23-45-49(50-46)37-15-5-10-20-44(37)54-45/h1-28H. The molecular weight excluding hydrogens is 677 g/mol. The average molecular weight is 705 g/mol. The lowest BCUT2D eigenvalue weighted by Gasteiger charge is -2.12. The van der Waals surface area contributed by atoms with Crippen LogP contribution < -0.4 is 0 Å². The van der Waals surface area contributed by atoms with Gasteiger partial charge in [0.15, 0.2) is 0 Å². The van der Waals surface area contributed by atoms with Gasteiger partial charge in [0.1, 0.15) is 5.82 Å². The normalized spacial score (nSPS) is 12.4. The van der Waals surface area contributed by atoms with E-state index < -0.39 is 0 Å². The van der Waals surface area contributed by atoms with Crippen LogP contribution in [0.2, 0.25) is 0 Å². The summed E-state index contributed by atoms with van der Waals surface area (Å²) in [5, 5.41) is 11.2. The Morgan fingerprint density at radius 2 is 0.796 bits per heavy atom. The number of rotatable bonds is 3. The molecule has 0 bridgehead atoms. The van der Waals surface area contributed by atoms with Crippen molar-refractivity contribution in [2.45, 2.75) is 0 Å². The summed E-state index contributed by atoms with van der Waals surface area (Å²) in [4.78, 5) is 5.51. The van der Waals surface area contributed by atoms with E-state index in [1.807, 2.05) is 11.3 Å². The zero-order chi connectivity index (χ0) is 35.1. The highest BCUT2D eigenvalue weighted by molar-refractivity contribution is 7.25. The summed E-state index contributed by atoms with van der Waals surface area (Å²) in [7, 11) is 0. The number of hydrogen-bond donors (Lipinski definition) is 0. The summed E-state index contributed by atoms with van der Waals surface area (Å²) in [5.74, 6) is 0.920. The largest absolute Gasteiger partial charge is 0.309 e. The van der Waals surface area contributed by atoms with Gasteiger partial charge in [0, 0.05) is 53.8 Å². The number of hydrogen-bond acceptors (Lipinski definition) is 2. The summed E-state index contributed by atoms with van der Waals surface area (Å²) in [5.41, 5.74) is 10.4. The minimum Gasteiger partial charge on any atom is -0.309 e. The second-order valence-corrected chi connectivity index (χ2v) is 15.5. The maximum absolute atomic E-state index is 5.51. The molecule has 5 heterocycles. The van der Waals surface area contributed by atoms with Crippen LogP contribution in [0.5, 0.6) is 0 Å². The van der Waals surface area contributed by atoms with E-state index >= 15 is 0 Å². The SMILES string of the molecule is c1ccc2c(c1)sc1ccc(-n3c4cc(-n5c6ccccc6c6ccccc65)cc5ccc6cc(-n7c8ccccc8c8ccccc87)cc3c6c54)nc12. The number of thiophene rings is 1. The molecule has 0 radical (unpaired) electrons. The third-order valence-electron chi connectivity index (χ3n) is 11.6. The summed E-state index contributed by atoms with van der Waals surface area (Å²) < 4.78 is 9.74. The van der Waals surface area contributed by atoms with Crippen LogP contribution in [0, 0.1) is 0 Å². The fourth-order valence-electron chi connectivity index (χ4n) is 9.35. The van der Waals surface area contributed by atoms with E-state index in [2.05, 4.69) is 184 Å². The zero-order valence-electron chi connectivity index (χ0n) is 28.9. The predicted octanol–water partition coefficient (Wildman–Crippen LogP) is 13.3. The van der Waals surface area contributed by atoms with E-state index in [1.165, 1.54) is 79.9 Å². The van der Waals surface area contributed by atoms with E-state index in [9.17, 15) is 0 Å². The summed E-state index contributed by atoms with van der Waals surface area (Å²) in [6, 6.07) is 62.3. The second kappa shape index (κ2) is 10.3. The van der Waals surface area contributed by atoms with Crippen molar-refractivity contribution in [1.29, 1.82) is 0 Å². The molecule has 0 saturated heterocycles. The predicted molar refractivity (Wildman–Crippen MR) is 229 cm³/mol. The zero-order valence-corrected chi connectivity index (χ0v) is 29.7. The maximum Gasteiger partial charge on any atom is 0.138 e. The molecule has 0 spiro atoms. The second-order valence-electron chi connectivity index (χ2n) is 14.4. The van der Waals surface area contributed by atoms with E-state index in [4.69, 9.17) is 4.98 Å². The third kappa shape index (κ3) is 3.68. The molecule has 0 aliphatic rings. The highest BCUT2D eigenvalue weighted by Gasteiger charge is 2.23. The van der Waals surface area contributed by atoms with E-state index in [1.54, 1.807) is 0 Å². The Labute approximate surface area is 312 Å². The van der Waals surface area contributed by atoms with Gasteiger partial charge in [-0.2, -0.15) is 0 Å². The van der Waals surface area contributed by atoms with Crippen LogP contribution in [0.25, 0.3) is 114 Å². The molecule has 0 atom stereocenters. The Balaban J connectivity index is 1.19. The van der Waals surface area contributed by atoms with Crippen molar-refractivity contribution in [3.63, 3.8) is 0 Å². The molecule has 0 amide bonds. The van der Waals surface area contributed by atoms with Crippen LogP contribution in [-0.2, 0) is 0 Å². The topological polar surface area (TPSA) is 27.7 Å². The number of aromatic nitrogens is 4. The molecule has 5 aromatic heterocycles. The van der Waals surface area contributed by atoms with Gasteiger partial charge < -0.3 is 9.13 Å². The van der Waals surface area contributed by atoms with Gasteiger partial charge in [0.25, 0.3) is 0 Å². The van der Waals surface area contributed by atoms with Crippen LogP contribution >= 0.6 is 11.3 Å². The first-order valence-electron chi connectivity index (χ1n) is 18.4. The van der Waals surface area contributed by atoms with Gasteiger partial charge >= 0.3 is 0 Å². The molecule has 0 saturated carbocycles. The molecule has 8 aromatic carbocycles. The molecule has 0 aliphatic heterocycles. The number of pyridine rings is 1. The van der Waals surface area contributed by atoms with Gasteiger partial charge in [-0.1, -0.05) is 103 Å². The van der Waals surface area contributed by atoms with Crippen LogP contribution in [0.4, 0.5) is 0 Å². The van der Waals surface area contributed by atoms with Gasteiger partial charge in [0.2, 0.25) is 0 Å². The lowest BCUT2D eigenvalue weighted by atomic mass is 10.0. The number of benzene rings is 8. The van der Waals surface area contributed by atoms with Crippen molar-refractivity contribution in [3.05, 3.63) is 170 Å². The first kappa shape index (κ1) is 28.6. The van der Waals surface area contributed by atoms with E-state index in [-0.39, 0.29) is 0 Å². The molecule has 250 valence electrons. The van der Waals surface area contributed by atoms with E-state index in [0.717, 1.165) is 33.7 Å². The molecule has 54 heavy (non-hydrogen) atoms. The van der Waals surface area contributed by atoms with Gasteiger partial charge in [-0.05, 0) is 77.5 Å². The van der Waals surface area contributed by atoms with Gasteiger partial charge in [-0.15, -0.1) is 11.3 Å². The van der Waals surface area contributed by atoms with Crippen LogP contribution in [0.1, 0.15) is 0 Å². The van der Waals surface area contributed by atoms with Crippen LogP contribution in [0.3, 0.4) is 0 Å². The molecule has 13 rings (SSSR count). The summed E-state index contributed by atoms with van der Waals surface area (Å²) >= 11 is 1.81. The number of nitrogens with zero attached hydrogens (tertiary/aromatic N) is 4. The molecule has 5 heteroatoms. The minimum atomic E-state index is 0.920. The van der Waals surface area contributed by atoms with Gasteiger partial charge in [0.05, 0.1) is 43.3 Å². The Morgan fingerprint density at radius 1 is 0.352 bits per heavy atom. The third-order valence-corrected chi connectivity index (χ3v) is 12.7. The van der Waals surface area contributed by atoms with Crippen molar-refractivity contribution in [2.75, 3.05) is 0 Å². The molecule has 0 unspecified atom stereocenters. The van der Waals surface area contributed by atoms with Crippen molar-refractivity contribution >= 4 is 108 Å². The maximum atomic E-state index is 5.51. The Bertz CT molecular complexity index is 3390. The Morgan fingerprint density at radius 3 is 1.30 bits per heavy atom. The Hall–Kier alpha value is -6.95. The van der Waals surface area contributed by atoms with Gasteiger partial charge in [-0.25, -0.2) is 4.98 Å². The quantitative estimate of drug-likeness (QED) is 0.168. The van der Waals surface area contributed by atoms with Crippen molar-refractivity contribution in [3.8, 4) is 17.2 Å². The molecule has 13 aromatic rings. The summed E-state index contributed by atoms with van der Waals surface area (Å²) in [6.45, 7) is 0. The highest BCUT2D eigenvalue weighted by atomic mass is 32.1. The molecule has 4 nitrogen and oxygen atoms in total. The van der Waals surface area contributed by atoms with Crippen LogP contribution in [-0.4, -0.2) is 18.7 Å². The van der Waals surface area contributed by atoms with Crippen molar-refractivity contribution in [2.24, 2.45) is 0 Å². The lowest BCUT2D eigenvalue weighted by molar-refractivity contribution is 1.10. The number of fused-ring (bicyclic) bond motifs is 9. The van der Waals surface area contributed by atoms with E-state index in [0.29, 0.717) is 0 Å². The van der Waals surface area contributed by atoms with Crippen molar-refractivity contribution < 1.29 is 0 Å². The molecule has 0 fully saturated rings. The fraction of sp³-hybridized carbons (Fsp3) is 0. The highest BCUT2D eigenvalue weighted by Crippen LogP contribution is 2.44. The smallest absolute Gasteiger partial charge is 0.138 e. The monoisotopic (exact) mass is 704 g/mol. The first-order valence-corrected chi connectivity index (χ1v) is 19.2. The lowest BCUT2D eigenvalue weighted by Crippen LogP contribution is -2.00. The summed E-state index contributed by atoms with van der Waals surface area (Å²) in [6.07, 6.45) is 0. The molecule has 0 aliphatic carbocycles. The van der Waals surface area contributed by atoms with Crippen LogP contribution in [0.15, 0.2) is 170 Å².